The highest BCUT2D eigenvalue weighted by Gasteiger charge is 2.31. The summed E-state index contributed by atoms with van der Waals surface area (Å²) in [4.78, 5) is 26.0. The largest absolute Gasteiger partial charge is 0.364 e. The van der Waals surface area contributed by atoms with Gasteiger partial charge in [-0.1, -0.05) is 12.1 Å². The summed E-state index contributed by atoms with van der Waals surface area (Å²) < 4.78 is 0.775. The number of hydrogen-bond donors (Lipinski definition) is 2. The van der Waals surface area contributed by atoms with Gasteiger partial charge in [0.2, 0.25) is 0 Å². The number of halogens is 1. The second-order valence-electron chi connectivity index (χ2n) is 5.56. The molecule has 1 saturated heterocycles. The van der Waals surface area contributed by atoms with E-state index in [1.54, 1.807) is 12.1 Å². The van der Waals surface area contributed by atoms with Gasteiger partial charge < -0.3 is 10.6 Å². The summed E-state index contributed by atoms with van der Waals surface area (Å²) in [6.07, 6.45) is 2.81. The molecule has 1 atom stereocenters. The number of carbonyl (C=O) groups is 2. The Kier molecular flexibility index (Phi) is 4.47. The number of benzene rings is 1. The maximum atomic E-state index is 12.9. The topological polar surface area (TPSA) is 92.1 Å². The molecule has 1 aliphatic rings. The van der Waals surface area contributed by atoms with Gasteiger partial charge in [-0.15, -0.1) is 0 Å². The predicted octanol–water partition coefficient (Wildman–Crippen LogP) is 2.64. The second kappa shape index (κ2) is 6.54. The van der Waals surface area contributed by atoms with Gasteiger partial charge in [0.25, 0.3) is 11.8 Å². The molecular weight excluding hydrogens is 360 g/mol. The molecule has 2 aromatic rings. The smallest absolute Gasteiger partial charge is 0.269 e. The lowest BCUT2D eigenvalue weighted by Gasteiger charge is -2.35. The first kappa shape index (κ1) is 15.7. The first-order valence-electron chi connectivity index (χ1n) is 7.48. The van der Waals surface area contributed by atoms with Crippen LogP contribution in [0.25, 0.3) is 0 Å². The predicted molar refractivity (Wildman–Crippen MR) is 88.9 cm³/mol. The minimum absolute atomic E-state index is 0.0302. The number of amides is 2. The van der Waals surface area contributed by atoms with Crippen LogP contribution in [0, 0.1) is 0 Å². The standard InChI is InChI=1S/C16H17BrN4O2/c17-11-6-2-1-5-10(11)16(23)21-8-4-3-7-14(21)12-9-13(15(18)22)20-19-12/h1-2,5-6,9,14H,3-4,7-8H2,(H2,18,22)(H,19,20). The van der Waals surface area contributed by atoms with E-state index in [-0.39, 0.29) is 17.6 Å². The van der Waals surface area contributed by atoms with Gasteiger partial charge in [0.05, 0.1) is 17.3 Å². The van der Waals surface area contributed by atoms with E-state index in [2.05, 4.69) is 26.1 Å². The fourth-order valence-corrected chi connectivity index (χ4v) is 3.38. The third-order valence-corrected chi connectivity index (χ3v) is 4.77. The van der Waals surface area contributed by atoms with Crippen LogP contribution in [0.2, 0.25) is 0 Å². The Hall–Kier alpha value is -2.15. The van der Waals surface area contributed by atoms with Crippen LogP contribution in [0.5, 0.6) is 0 Å². The van der Waals surface area contributed by atoms with E-state index in [1.807, 2.05) is 23.1 Å². The van der Waals surface area contributed by atoms with E-state index >= 15 is 0 Å². The van der Waals surface area contributed by atoms with Crippen molar-refractivity contribution in [2.45, 2.75) is 25.3 Å². The molecule has 6 nitrogen and oxygen atoms in total. The molecule has 1 unspecified atom stereocenters. The van der Waals surface area contributed by atoms with Crippen molar-refractivity contribution in [1.29, 1.82) is 0 Å². The summed E-state index contributed by atoms with van der Waals surface area (Å²) in [5.41, 5.74) is 6.83. The minimum Gasteiger partial charge on any atom is -0.364 e. The summed E-state index contributed by atoms with van der Waals surface area (Å²) in [6, 6.07) is 8.90. The van der Waals surface area contributed by atoms with E-state index in [9.17, 15) is 9.59 Å². The first-order chi connectivity index (χ1) is 11.1. The summed E-state index contributed by atoms with van der Waals surface area (Å²) in [6.45, 7) is 0.676. The highest BCUT2D eigenvalue weighted by molar-refractivity contribution is 9.10. The Morgan fingerprint density at radius 2 is 2.09 bits per heavy atom. The number of likely N-dealkylation sites (tertiary alicyclic amines) is 1. The number of H-pyrrole nitrogens is 1. The van der Waals surface area contributed by atoms with Gasteiger partial charge in [0, 0.05) is 11.0 Å². The molecule has 0 spiro atoms. The van der Waals surface area contributed by atoms with Gasteiger partial charge in [0.15, 0.2) is 0 Å². The summed E-state index contributed by atoms with van der Waals surface area (Å²) in [5.74, 6) is -0.607. The lowest BCUT2D eigenvalue weighted by molar-refractivity contribution is 0.0605. The van der Waals surface area contributed by atoms with Gasteiger partial charge in [-0.25, -0.2) is 0 Å². The molecule has 0 saturated carbocycles. The molecular formula is C16H17BrN4O2. The summed E-state index contributed by atoms with van der Waals surface area (Å²) in [7, 11) is 0. The Bertz CT molecular complexity index is 743. The highest BCUT2D eigenvalue weighted by Crippen LogP contribution is 2.32. The monoisotopic (exact) mass is 376 g/mol. The zero-order chi connectivity index (χ0) is 16.4. The van der Waals surface area contributed by atoms with Gasteiger partial charge in [-0.3, -0.25) is 14.7 Å². The molecule has 1 fully saturated rings. The Morgan fingerprint density at radius 3 is 2.78 bits per heavy atom. The molecule has 1 aliphatic heterocycles. The van der Waals surface area contributed by atoms with Crippen LogP contribution >= 0.6 is 15.9 Å². The molecule has 0 radical (unpaired) electrons. The van der Waals surface area contributed by atoms with Crippen molar-refractivity contribution >= 4 is 27.7 Å². The van der Waals surface area contributed by atoms with Crippen LogP contribution in [-0.2, 0) is 0 Å². The number of rotatable bonds is 3. The number of carbonyl (C=O) groups excluding carboxylic acids is 2. The van der Waals surface area contributed by atoms with Crippen LogP contribution in [0.15, 0.2) is 34.8 Å². The quantitative estimate of drug-likeness (QED) is 0.861. The fraction of sp³-hybridized carbons (Fsp3) is 0.312. The molecule has 0 bridgehead atoms. The molecule has 3 N–H and O–H groups in total. The number of nitrogens with zero attached hydrogens (tertiary/aromatic N) is 2. The van der Waals surface area contributed by atoms with Gasteiger partial charge >= 0.3 is 0 Å². The average Bonchev–Trinajstić information content (AvgIpc) is 3.05. The van der Waals surface area contributed by atoms with Gasteiger partial charge in [0.1, 0.15) is 5.69 Å². The number of nitrogens with one attached hydrogen (secondary N) is 1. The van der Waals surface area contributed by atoms with Crippen LogP contribution in [0.1, 0.15) is 51.8 Å². The van der Waals surface area contributed by atoms with Crippen LogP contribution in [0.4, 0.5) is 0 Å². The number of hydrogen-bond acceptors (Lipinski definition) is 3. The highest BCUT2D eigenvalue weighted by atomic mass is 79.9. The molecule has 120 valence electrons. The average molecular weight is 377 g/mol. The minimum atomic E-state index is -0.577. The molecule has 2 heterocycles. The van der Waals surface area contributed by atoms with E-state index in [1.165, 1.54) is 0 Å². The molecule has 2 amide bonds. The SMILES string of the molecule is NC(=O)c1cc(C2CCCCN2C(=O)c2ccccc2Br)[nH]n1. The molecule has 3 rings (SSSR count). The van der Waals surface area contributed by atoms with Crippen molar-refractivity contribution in [3.05, 3.63) is 51.8 Å². The number of aromatic amines is 1. The molecule has 23 heavy (non-hydrogen) atoms. The van der Waals surface area contributed by atoms with Gasteiger partial charge in [-0.2, -0.15) is 5.10 Å². The zero-order valence-corrected chi connectivity index (χ0v) is 14.0. The van der Waals surface area contributed by atoms with Crippen LogP contribution < -0.4 is 5.73 Å². The van der Waals surface area contributed by atoms with Crippen molar-refractivity contribution in [1.82, 2.24) is 15.1 Å². The molecule has 1 aromatic carbocycles. The fourth-order valence-electron chi connectivity index (χ4n) is 2.92. The van der Waals surface area contributed by atoms with Crippen molar-refractivity contribution in [3.63, 3.8) is 0 Å². The molecule has 1 aromatic heterocycles. The Balaban J connectivity index is 1.90. The lowest BCUT2D eigenvalue weighted by Crippen LogP contribution is -2.38. The van der Waals surface area contributed by atoms with Crippen LogP contribution in [0.3, 0.4) is 0 Å². The maximum Gasteiger partial charge on any atom is 0.269 e. The van der Waals surface area contributed by atoms with E-state index in [4.69, 9.17) is 5.73 Å². The van der Waals surface area contributed by atoms with E-state index in [0.717, 1.165) is 29.4 Å². The second-order valence-corrected chi connectivity index (χ2v) is 6.42. The number of primary amides is 1. The first-order valence-corrected chi connectivity index (χ1v) is 8.28. The Labute approximate surface area is 142 Å². The van der Waals surface area contributed by atoms with Crippen molar-refractivity contribution in [3.8, 4) is 0 Å². The molecule has 7 heteroatoms. The zero-order valence-electron chi connectivity index (χ0n) is 12.5. The third-order valence-electron chi connectivity index (χ3n) is 4.08. The third kappa shape index (κ3) is 3.14. The van der Waals surface area contributed by atoms with Crippen molar-refractivity contribution in [2.75, 3.05) is 6.54 Å². The Morgan fingerprint density at radius 1 is 1.30 bits per heavy atom. The van der Waals surface area contributed by atoms with Crippen LogP contribution in [-0.4, -0.2) is 33.5 Å². The summed E-state index contributed by atoms with van der Waals surface area (Å²) >= 11 is 3.43. The lowest BCUT2D eigenvalue weighted by atomic mass is 9.98. The normalized spacial score (nSPS) is 18.0. The maximum absolute atomic E-state index is 12.9. The van der Waals surface area contributed by atoms with E-state index < -0.39 is 5.91 Å². The number of piperidine rings is 1. The summed E-state index contributed by atoms with van der Waals surface area (Å²) in [5, 5.41) is 6.78. The van der Waals surface area contributed by atoms with Crippen molar-refractivity contribution < 1.29 is 9.59 Å². The van der Waals surface area contributed by atoms with E-state index in [0.29, 0.717) is 12.1 Å². The van der Waals surface area contributed by atoms with Crippen molar-refractivity contribution in [2.24, 2.45) is 5.73 Å². The van der Waals surface area contributed by atoms with Gasteiger partial charge in [-0.05, 0) is 53.4 Å². The molecule has 0 aliphatic carbocycles. The number of nitrogens with two attached hydrogens (primary N) is 1. The number of aromatic nitrogens is 2.